The van der Waals surface area contributed by atoms with Crippen LogP contribution in [0, 0.1) is 0 Å². The molecule has 0 aromatic heterocycles. The van der Waals surface area contributed by atoms with Crippen LogP contribution >= 0.6 is 0 Å². The summed E-state index contributed by atoms with van der Waals surface area (Å²) in [6.07, 6.45) is -0.352. The Kier molecular flexibility index (Phi) is 7.37. The molecule has 0 aliphatic rings. The number of carbonyl (C=O) groups is 3. The number of amides is 2. The summed E-state index contributed by atoms with van der Waals surface area (Å²) in [5.74, 6) is -1.04. The molecule has 2 amide bonds. The number of ether oxygens (including phenoxy) is 1. The maximum atomic E-state index is 13.2. The fourth-order valence-corrected chi connectivity index (χ4v) is 3.69. The average molecular weight is 469 g/mol. The van der Waals surface area contributed by atoms with Crippen LogP contribution in [-0.2, 0) is 9.59 Å². The lowest BCUT2D eigenvalue weighted by atomic mass is 10.0. The maximum Gasteiger partial charge on any atom is 0.303 e. The van der Waals surface area contributed by atoms with Gasteiger partial charge < -0.3 is 20.5 Å². The van der Waals surface area contributed by atoms with Crippen LogP contribution in [0.25, 0.3) is 10.8 Å². The normalized spacial score (nSPS) is 11.4. The first-order valence-electron chi connectivity index (χ1n) is 11.1. The molecule has 4 aromatic rings. The Labute approximate surface area is 202 Å². The number of anilines is 1. The number of para-hydroxylation sites is 3. The highest BCUT2D eigenvalue weighted by atomic mass is 16.5. The lowest BCUT2D eigenvalue weighted by Gasteiger charge is -2.19. The monoisotopic (exact) mass is 468 g/mol. The Morgan fingerprint density at radius 1 is 0.800 bits per heavy atom. The van der Waals surface area contributed by atoms with E-state index in [4.69, 9.17) is 4.74 Å². The van der Waals surface area contributed by atoms with Gasteiger partial charge >= 0.3 is 5.97 Å². The van der Waals surface area contributed by atoms with Crippen LogP contribution < -0.4 is 15.4 Å². The van der Waals surface area contributed by atoms with Crippen molar-refractivity contribution in [1.29, 1.82) is 0 Å². The molecule has 176 valence electrons. The van der Waals surface area contributed by atoms with Gasteiger partial charge in [0.2, 0.25) is 5.91 Å². The van der Waals surface area contributed by atoms with Gasteiger partial charge in [-0.1, -0.05) is 66.7 Å². The number of rotatable bonds is 9. The van der Waals surface area contributed by atoms with E-state index in [0.717, 1.165) is 10.8 Å². The van der Waals surface area contributed by atoms with E-state index in [-0.39, 0.29) is 12.8 Å². The molecule has 1 unspecified atom stereocenters. The highest BCUT2D eigenvalue weighted by Gasteiger charge is 2.24. The number of fused-ring (bicyclic) bond motifs is 1. The van der Waals surface area contributed by atoms with E-state index in [9.17, 15) is 19.5 Å². The number of carboxylic acid groups (broad SMARTS) is 1. The minimum Gasteiger partial charge on any atom is -0.481 e. The molecule has 35 heavy (non-hydrogen) atoms. The number of carboxylic acids is 1. The average Bonchev–Trinajstić information content (AvgIpc) is 2.87. The summed E-state index contributed by atoms with van der Waals surface area (Å²) in [5, 5.41) is 16.3. The number of aliphatic carboxylic acids is 1. The topological polar surface area (TPSA) is 105 Å². The summed E-state index contributed by atoms with van der Waals surface area (Å²) in [6, 6.07) is 27.7. The van der Waals surface area contributed by atoms with Gasteiger partial charge in [-0.2, -0.15) is 0 Å². The van der Waals surface area contributed by atoms with Crippen molar-refractivity contribution >= 4 is 34.2 Å². The Morgan fingerprint density at radius 3 is 2.29 bits per heavy atom. The summed E-state index contributed by atoms with van der Waals surface area (Å²) < 4.78 is 5.89. The molecule has 7 heteroatoms. The molecule has 0 saturated heterocycles. The molecule has 7 nitrogen and oxygen atoms in total. The summed E-state index contributed by atoms with van der Waals surface area (Å²) in [6.45, 7) is 0. The first-order valence-corrected chi connectivity index (χ1v) is 11.1. The fraction of sp³-hybridized carbons (Fsp3) is 0.107. The molecule has 0 fully saturated rings. The van der Waals surface area contributed by atoms with Crippen molar-refractivity contribution in [2.24, 2.45) is 0 Å². The number of nitrogens with one attached hydrogen (secondary N) is 2. The fourth-order valence-electron chi connectivity index (χ4n) is 3.69. The SMILES string of the molecule is O=C(O)CCC(NC(=O)c1cccc2ccccc12)C(=O)Nc1ccccc1Oc1ccccc1. The molecule has 0 bridgehead atoms. The van der Waals surface area contributed by atoms with Gasteiger partial charge in [0.15, 0.2) is 5.75 Å². The second kappa shape index (κ2) is 11.0. The zero-order chi connectivity index (χ0) is 24.6. The third-order valence-corrected chi connectivity index (χ3v) is 5.42. The van der Waals surface area contributed by atoms with Gasteiger partial charge in [-0.25, -0.2) is 0 Å². The largest absolute Gasteiger partial charge is 0.481 e. The van der Waals surface area contributed by atoms with E-state index >= 15 is 0 Å². The Balaban J connectivity index is 1.55. The number of carbonyl (C=O) groups excluding carboxylic acids is 2. The van der Waals surface area contributed by atoms with E-state index in [1.807, 2.05) is 48.5 Å². The predicted octanol–water partition coefficient (Wildman–Crippen LogP) is 5.23. The first-order chi connectivity index (χ1) is 17.0. The van der Waals surface area contributed by atoms with Crippen LogP contribution in [0.2, 0.25) is 0 Å². The molecule has 0 radical (unpaired) electrons. The van der Waals surface area contributed by atoms with E-state index in [2.05, 4.69) is 10.6 Å². The Bertz CT molecular complexity index is 1350. The van der Waals surface area contributed by atoms with Gasteiger partial charge in [0.1, 0.15) is 11.8 Å². The maximum absolute atomic E-state index is 13.2. The third-order valence-electron chi connectivity index (χ3n) is 5.42. The van der Waals surface area contributed by atoms with Crippen molar-refractivity contribution in [3.63, 3.8) is 0 Å². The Morgan fingerprint density at radius 2 is 1.49 bits per heavy atom. The summed E-state index contributed by atoms with van der Waals surface area (Å²) in [7, 11) is 0. The van der Waals surface area contributed by atoms with Crippen LogP contribution in [0.4, 0.5) is 5.69 Å². The van der Waals surface area contributed by atoms with E-state index in [1.165, 1.54) is 0 Å². The van der Waals surface area contributed by atoms with E-state index in [1.54, 1.807) is 48.5 Å². The molecular weight excluding hydrogens is 444 g/mol. The molecule has 0 spiro atoms. The van der Waals surface area contributed by atoms with Gasteiger partial charge in [-0.05, 0) is 47.5 Å². The highest BCUT2D eigenvalue weighted by molar-refractivity contribution is 6.09. The van der Waals surface area contributed by atoms with Gasteiger partial charge in [0.25, 0.3) is 5.91 Å². The standard InChI is InChI=1S/C28H24N2O5/c31-26(32)18-17-24(30-27(33)22-14-8-10-19-9-4-5-13-21(19)22)28(34)29-23-15-6-7-16-25(23)35-20-11-2-1-3-12-20/h1-16,24H,17-18H2,(H,29,34)(H,30,33)(H,31,32). The highest BCUT2D eigenvalue weighted by Crippen LogP contribution is 2.29. The summed E-state index contributed by atoms with van der Waals surface area (Å²) in [4.78, 5) is 37.5. The van der Waals surface area contributed by atoms with Crippen LogP contribution in [0.5, 0.6) is 11.5 Å². The van der Waals surface area contributed by atoms with Crippen molar-refractivity contribution in [2.45, 2.75) is 18.9 Å². The zero-order valence-corrected chi connectivity index (χ0v) is 18.8. The third kappa shape index (κ3) is 6.03. The molecule has 0 aliphatic carbocycles. The lowest BCUT2D eigenvalue weighted by Crippen LogP contribution is -2.44. The molecular formula is C28H24N2O5. The van der Waals surface area contributed by atoms with Gasteiger partial charge in [-0.15, -0.1) is 0 Å². The molecule has 0 aliphatic heterocycles. The molecule has 4 aromatic carbocycles. The Hall–Kier alpha value is -4.65. The van der Waals surface area contributed by atoms with Crippen molar-refractivity contribution < 1.29 is 24.2 Å². The molecule has 0 heterocycles. The van der Waals surface area contributed by atoms with Gasteiger partial charge in [0.05, 0.1) is 5.69 Å². The number of hydrogen-bond acceptors (Lipinski definition) is 4. The number of benzene rings is 4. The van der Waals surface area contributed by atoms with Crippen molar-refractivity contribution in [3.8, 4) is 11.5 Å². The smallest absolute Gasteiger partial charge is 0.303 e. The minimum atomic E-state index is -1.07. The van der Waals surface area contributed by atoms with E-state index in [0.29, 0.717) is 22.7 Å². The van der Waals surface area contributed by atoms with Gasteiger partial charge in [-0.3, -0.25) is 14.4 Å². The van der Waals surface area contributed by atoms with Crippen molar-refractivity contribution in [1.82, 2.24) is 5.32 Å². The zero-order valence-electron chi connectivity index (χ0n) is 18.8. The quantitative estimate of drug-likeness (QED) is 0.312. The number of hydrogen-bond donors (Lipinski definition) is 3. The summed E-state index contributed by atoms with van der Waals surface area (Å²) in [5.41, 5.74) is 0.810. The van der Waals surface area contributed by atoms with Crippen LogP contribution in [0.15, 0.2) is 97.1 Å². The van der Waals surface area contributed by atoms with Crippen LogP contribution in [0.3, 0.4) is 0 Å². The molecule has 1 atom stereocenters. The van der Waals surface area contributed by atoms with Crippen LogP contribution in [0.1, 0.15) is 23.2 Å². The second-order valence-electron chi connectivity index (χ2n) is 7.89. The lowest BCUT2D eigenvalue weighted by molar-refractivity contribution is -0.137. The molecule has 4 rings (SSSR count). The predicted molar refractivity (Wildman–Crippen MR) is 134 cm³/mol. The van der Waals surface area contributed by atoms with Crippen molar-refractivity contribution in [2.75, 3.05) is 5.32 Å². The van der Waals surface area contributed by atoms with E-state index < -0.39 is 23.8 Å². The molecule has 3 N–H and O–H groups in total. The minimum absolute atomic E-state index is 0.0701. The van der Waals surface area contributed by atoms with Gasteiger partial charge in [0, 0.05) is 12.0 Å². The molecule has 0 saturated carbocycles. The van der Waals surface area contributed by atoms with Crippen LogP contribution in [-0.4, -0.2) is 28.9 Å². The van der Waals surface area contributed by atoms with Crippen molar-refractivity contribution in [3.05, 3.63) is 103 Å². The summed E-state index contributed by atoms with van der Waals surface area (Å²) >= 11 is 0. The first kappa shape index (κ1) is 23.5. The second-order valence-corrected chi connectivity index (χ2v) is 7.89.